The van der Waals surface area contributed by atoms with Crippen molar-refractivity contribution < 1.29 is 4.79 Å². The van der Waals surface area contributed by atoms with E-state index in [9.17, 15) is 4.79 Å². The number of amides is 1. The second-order valence-corrected chi connectivity index (χ2v) is 5.48. The molecule has 5 heteroatoms. The van der Waals surface area contributed by atoms with E-state index in [4.69, 9.17) is 17.3 Å². The highest BCUT2D eigenvalue weighted by atomic mass is 35.5. The molecule has 2 aromatic rings. The number of aromatic nitrogens is 1. The zero-order valence-corrected chi connectivity index (χ0v) is 13.0. The topological polar surface area (TPSA) is 60.0 Å². The van der Waals surface area contributed by atoms with Crippen LogP contribution < -0.4 is 11.1 Å². The van der Waals surface area contributed by atoms with Crippen LogP contribution >= 0.6 is 11.6 Å². The lowest BCUT2D eigenvalue weighted by Crippen LogP contribution is -2.28. The normalized spacial score (nSPS) is 12.1. The third kappa shape index (κ3) is 3.58. The number of benzene rings is 1. The van der Waals surface area contributed by atoms with Crippen LogP contribution in [0, 0.1) is 0 Å². The minimum Gasteiger partial charge on any atom is -0.397 e. The molecule has 1 heterocycles. The molecule has 0 saturated carbocycles. The Balaban J connectivity index is 2.16. The molecule has 1 unspecified atom stereocenters. The van der Waals surface area contributed by atoms with E-state index >= 15 is 0 Å². The Hall–Kier alpha value is -1.94. The van der Waals surface area contributed by atoms with Gasteiger partial charge >= 0.3 is 0 Å². The molecule has 0 aliphatic carbocycles. The second kappa shape index (κ2) is 6.68. The molecular formula is C16H20ClN3O. The van der Waals surface area contributed by atoms with Gasteiger partial charge in [-0.3, -0.25) is 4.79 Å². The van der Waals surface area contributed by atoms with Crippen LogP contribution in [0.4, 0.5) is 5.69 Å². The minimum absolute atomic E-state index is 0.146. The Bertz CT molecular complexity index is 636. The molecule has 1 aromatic carbocycles. The summed E-state index contributed by atoms with van der Waals surface area (Å²) in [7, 11) is 0. The smallest absolute Gasteiger partial charge is 0.268 e. The third-order valence-corrected chi connectivity index (χ3v) is 3.68. The number of hydrogen-bond donors (Lipinski definition) is 2. The molecular weight excluding hydrogens is 286 g/mol. The summed E-state index contributed by atoms with van der Waals surface area (Å²) in [5, 5.41) is 3.61. The number of anilines is 1. The quantitative estimate of drug-likeness (QED) is 0.886. The van der Waals surface area contributed by atoms with Gasteiger partial charge < -0.3 is 15.6 Å². The Labute approximate surface area is 129 Å². The van der Waals surface area contributed by atoms with Gasteiger partial charge in [0.2, 0.25) is 0 Å². The summed E-state index contributed by atoms with van der Waals surface area (Å²) >= 11 is 6.16. The molecule has 1 amide bonds. The van der Waals surface area contributed by atoms with Gasteiger partial charge in [-0.25, -0.2) is 0 Å². The van der Waals surface area contributed by atoms with E-state index in [1.54, 1.807) is 12.3 Å². The molecule has 0 saturated heterocycles. The van der Waals surface area contributed by atoms with Crippen LogP contribution in [0.25, 0.3) is 0 Å². The number of carbonyl (C=O) groups excluding carboxylic acids is 1. The summed E-state index contributed by atoms with van der Waals surface area (Å²) in [5.41, 5.74) is 7.86. The zero-order chi connectivity index (χ0) is 15.4. The first-order valence-corrected chi connectivity index (χ1v) is 7.41. The lowest BCUT2D eigenvalue weighted by molar-refractivity contribution is 0.0930. The van der Waals surface area contributed by atoms with E-state index in [1.165, 1.54) is 0 Å². The number of nitrogens with two attached hydrogens (primary N) is 1. The van der Waals surface area contributed by atoms with Crippen molar-refractivity contribution in [1.82, 2.24) is 9.88 Å². The van der Waals surface area contributed by atoms with E-state index in [1.807, 2.05) is 35.8 Å². The van der Waals surface area contributed by atoms with Crippen LogP contribution in [0.15, 0.2) is 36.5 Å². The van der Waals surface area contributed by atoms with Crippen molar-refractivity contribution in [2.24, 2.45) is 0 Å². The lowest BCUT2D eigenvalue weighted by atomic mass is 10.1. The monoisotopic (exact) mass is 305 g/mol. The van der Waals surface area contributed by atoms with Gasteiger partial charge in [-0.2, -0.15) is 0 Å². The van der Waals surface area contributed by atoms with Crippen LogP contribution in [0.2, 0.25) is 5.02 Å². The first kappa shape index (κ1) is 15.4. The van der Waals surface area contributed by atoms with E-state index in [0.29, 0.717) is 16.4 Å². The SMILES string of the molecule is CCCn1cc(N)cc1C(=O)NC(C)c1ccccc1Cl. The summed E-state index contributed by atoms with van der Waals surface area (Å²) in [4.78, 5) is 12.4. The van der Waals surface area contributed by atoms with Crippen molar-refractivity contribution >= 4 is 23.2 Å². The number of halogens is 1. The molecule has 0 fully saturated rings. The highest BCUT2D eigenvalue weighted by Gasteiger charge is 2.17. The average Bonchev–Trinajstić information content (AvgIpc) is 2.80. The molecule has 1 atom stereocenters. The molecule has 0 spiro atoms. The maximum Gasteiger partial charge on any atom is 0.268 e. The molecule has 4 nitrogen and oxygen atoms in total. The highest BCUT2D eigenvalue weighted by molar-refractivity contribution is 6.31. The molecule has 0 aliphatic rings. The van der Waals surface area contributed by atoms with Gasteiger partial charge in [0.1, 0.15) is 5.69 Å². The standard InChI is InChI=1S/C16H20ClN3O/c1-3-8-20-10-12(18)9-15(20)16(21)19-11(2)13-6-4-5-7-14(13)17/h4-7,9-11H,3,8,18H2,1-2H3,(H,19,21). The number of nitrogens with zero attached hydrogens (tertiary/aromatic N) is 1. The predicted octanol–water partition coefficient (Wildman–Crippen LogP) is 3.62. The molecule has 3 N–H and O–H groups in total. The van der Waals surface area contributed by atoms with Crippen molar-refractivity contribution in [1.29, 1.82) is 0 Å². The fraction of sp³-hybridized carbons (Fsp3) is 0.312. The van der Waals surface area contributed by atoms with Crippen molar-refractivity contribution in [3.63, 3.8) is 0 Å². The number of nitrogen functional groups attached to an aromatic ring is 1. The van der Waals surface area contributed by atoms with Crippen LogP contribution in [-0.2, 0) is 6.54 Å². The first-order valence-electron chi connectivity index (χ1n) is 7.03. The van der Waals surface area contributed by atoms with Gasteiger partial charge in [0.25, 0.3) is 5.91 Å². The lowest BCUT2D eigenvalue weighted by Gasteiger charge is -2.16. The average molecular weight is 306 g/mol. The molecule has 0 radical (unpaired) electrons. The summed E-state index contributed by atoms with van der Waals surface area (Å²) in [5.74, 6) is -0.146. The number of rotatable bonds is 5. The Morgan fingerprint density at radius 1 is 1.43 bits per heavy atom. The van der Waals surface area contributed by atoms with Crippen molar-refractivity contribution in [3.05, 3.63) is 52.8 Å². The van der Waals surface area contributed by atoms with Gasteiger partial charge in [-0.1, -0.05) is 36.7 Å². The zero-order valence-electron chi connectivity index (χ0n) is 12.3. The van der Waals surface area contributed by atoms with Gasteiger partial charge in [-0.15, -0.1) is 0 Å². The number of aryl methyl sites for hydroxylation is 1. The minimum atomic E-state index is -0.169. The Kier molecular flexibility index (Phi) is 4.91. The predicted molar refractivity (Wildman–Crippen MR) is 86.5 cm³/mol. The number of nitrogens with one attached hydrogen (secondary N) is 1. The van der Waals surface area contributed by atoms with Crippen molar-refractivity contribution in [3.8, 4) is 0 Å². The molecule has 1 aromatic heterocycles. The maximum absolute atomic E-state index is 12.4. The largest absolute Gasteiger partial charge is 0.397 e. The number of carbonyl (C=O) groups is 1. The number of hydrogen-bond acceptors (Lipinski definition) is 2. The van der Waals surface area contributed by atoms with Crippen molar-refractivity contribution in [2.75, 3.05) is 5.73 Å². The summed E-state index contributed by atoms with van der Waals surface area (Å²) < 4.78 is 1.88. The summed E-state index contributed by atoms with van der Waals surface area (Å²) in [6.07, 6.45) is 2.73. The van der Waals surface area contributed by atoms with Crippen LogP contribution in [-0.4, -0.2) is 10.5 Å². The van der Waals surface area contributed by atoms with Crippen LogP contribution in [0.5, 0.6) is 0 Å². The fourth-order valence-corrected chi connectivity index (χ4v) is 2.62. The van der Waals surface area contributed by atoms with E-state index in [-0.39, 0.29) is 11.9 Å². The highest BCUT2D eigenvalue weighted by Crippen LogP contribution is 2.22. The maximum atomic E-state index is 12.4. The molecule has 0 bridgehead atoms. The van der Waals surface area contributed by atoms with Gasteiger partial charge in [0.15, 0.2) is 0 Å². The first-order chi connectivity index (χ1) is 10.0. The van der Waals surface area contributed by atoms with Crippen molar-refractivity contribution in [2.45, 2.75) is 32.9 Å². The third-order valence-electron chi connectivity index (χ3n) is 3.33. The van der Waals surface area contributed by atoms with E-state index < -0.39 is 0 Å². The summed E-state index contributed by atoms with van der Waals surface area (Å²) in [6, 6.07) is 9.03. The molecule has 112 valence electrons. The molecule has 2 rings (SSSR count). The molecule has 0 aliphatic heterocycles. The fourth-order valence-electron chi connectivity index (χ4n) is 2.32. The molecule has 21 heavy (non-hydrogen) atoms. The van der Waals surface area contributed by atoms with E-state index in [2.05, 4.69) is 12.2 Å². The van der Waals surface area contributed by atoms with Gasteiger partial charge in [-0.05, 0) is 31.0 Å². The van der Waals surface area contributed by atoms with Crippen LogP contribution in [0.3, 0.4) is 0 Å². The second-order valence-electron chi connectivity index (χ2n) is 5.07. The van der Waals surface area contributed by atoms with Gasteiger partial charge in [0.05, 0.1) is 11.7 Å². The Morgan fingerprint density at radius 2 is 2.14 bits per heavy atom. The van der Waals surface area contributed by atoms with Crippen LogP contribution in [0.1, 0.15) is 42.4 Å². The Morgan fingerprint density at radius 3 is 2.81 bits per heavy atom. The van der Waals surface area contributed by atoms with E-state index in [0.717, 1.165) is 18.5 Å². The summed E-state index contributed by atoms with van der Waals surface area (Å²) in [6.45, 7) is 4.74. The van der Waals surface area contributed by atoms with Gasteiger partial charge in [0, 0.05) is 17.8 Å².